The van der Waals surface area contributed by atoms with Crippen molar-refractivity contribution < 1.29 is 14.2 Å². The van der Waals surface area contributed by atoms with Gasteiger partial charge in [0.2, 0.25) is 0 Å². The Labute approximate surface area is 203 Å². The minimum absolute atomic E-state index is 0.310. The summed E-state index contributed by atoms with van der Waals surface area (Å²) in [6.07, 6.45) is 0.680. The highest BCUT2D eigenvalue weighted by Crippen LogP contribution is 2.24. The largest absolute Gasteiger partial charge is 0.497 e. The normalized spacial score (nSPS) is 13.8. The third kappa shape index (κ3) is 6.96. The lowest BCUT2D eigenvalue weighted by Gasteiger charge is -2.37. The molecule has 1 N–H and O–H groups in total. The Bertz CT molecular complexity index is 851. The highest BCUT2D eigenvalue weighted by Gasteiger charge is 2.18. The molecule has 7 nitrogen and oxygen atoms in total. The number of piperazine rings is 1. The zero-order valence-electron chi connectivity index (χ0n) is 20.1. The summed E-state index contributed by atoms with van der Waals surface area (Å²) in [5.74, 6) is 0.889. The lowest BCUT2D eigenvalue weighted by atomic mass is 10.2. The van der Waals surface area contributed by atoms with Crippen molar-refractivity contribution in [3.05, 3.63) is 48.5 Å². The molecule has 0 atom stereocenters. The molecule has 8 heteroatoms. The molecule has 0 saturated carbocycles. The molecular formula is C25H36N4O3S. The molecule has 1 aliphatic heterocycles. The summed E-state index contributed by atoms with van der Waals surface area (Å²) < 4.78 is 15.9. The molecule has 2 aromatic carbocycles. The van der Waals surface area contributed by atoms with Crippen molar-refractivity contribution in [2.75, 3.05) is 75.7 Å². The first-order valence-electron chi connectivity index (χ1n) is 11.4. The minimum Gasteiger partial charge on any atom is -0.497 e. The van der Waals surface area contributed by atoms with Crippen LogP contribution < -0.4 is 19.9 Å². The van der Waals surface area contributed by atoms with E-state index in [9.17, 15) is 0 Å². The van der Waals surface area contributed by atoms with E-state index in [0.717, 1.165) is 50.6 Å². The number of rotatable bonds is 10. The van der Waals surface area contributed by atoms with Crippen LogP contribution in [-0.2, 0) is 9.47 Å². The molecule has 0 aromatic heterocycles. The van der Waals surface area contributed by atoms with Crippen LogP contribution in [0, 0.1) is 0 Å². The quantitative estimate of drug-likeness (QED) is 0.411. The lowest BCUT2D eigenvalue weighted by molar-refractivity contribution is -0.109. The van der Waals surface area contributed by atoms with E-state index in [1.807, 2.05) is 12.1 Å². The van der Waals surface area contributed by atoms with Gasteiger partial charge >= 0.3 is 0 Å². The molecular weight excluding hydrogens is 436 g/mol. The van der Waals surface area contributed by atoms with E-state index in [0.29, 0.717) is 11.7 Å². The molecule has 0 unspecified atom stereocenters. The van der Waals surface area contributed by atoms with E-state index in [4.69, 9.17) is 26.4 Å². The van der Waals surface area contributed by atoms with Crippen LogP contribution in [0.1, 0.15) is 13.3 Å². The molecule has 2 aromatic rings. The smallest absolute Gasteiger partial charge is 0.174 e. The fraction of sp³-hybridized carbons (Fsp3) is 0.480. The van der Waals surface area contributed by atoms with E-state index in [1.165, 1.54) is 11.4 Å². The molecule has 180 valence electrons. The molecule has 0 aliphatic carbocycles. The number of hydrogen-bond acceptors (Lipinski definition) is 6. The third-order valence-electron chi connectivity index (χ3n) is 5.88. The number of hydrogen-bond donors (Lipinski definition) is 1. The maximum atomic E-state index is 5.65. The average Bonchev–Trinajstić information content (AvgIpc) is 2.87. The van der Waals surface area contributed by atoms with E-state index < -0.39 is 0 Å². The molecule has 0 radical (unpaired) electrons. The topological polar surface area (TPSA) is 49.4 Å². The molecule has 0 spiro atoms. The summed E-state index contributed by atoms with van der Waals surface area (Å²) >= 11 is 5.65. The number of benzene rings is 2. The molecule has 0 bridgehead atoms. The average molecular weight is 473 g/mol. The standard InChI is InChI=1S/C25H36N4O3S/c1-5-14-29(19-24(31-3)32-4)25(33)26-20-6-8-21(9-7-20)27-15-17-28(18-16-27)22-10-12-23(30-2)13-11-22/h6-13,24H,5,14-19H2,1-4H3,(H,26,33). The second-order valence-electron chi connectivity index (χ2n) is 8.00. The fourth-order valence-electron chi connectivity index (χ4n) is 3.94. The summed E-state index contributed by atoms with van der Waals surface area (Å²) in [7, 11) is 4.98. The Balaban J connectivity index is 1.53. The second-order valence-corrected chi connectivity index (χ2v) is 8.38. The molecule has 0 amide bonds. The second kappa shape index (κ2) is 12.6. The van der Waals surface area contributed by atoms with Gasteiger partial charge in [0.05, 0.1) is 13.7 Å². The van der Waals surface area contributed by atoms with Gasteiger partial charge in [0, 0.05) is 64.0 Å². The summed E-state index contributed by atoms with van der Waals surface area (Å²) in [6, 6.07) is 16.8. The molecule has 3 rings (SSSR count). The Morgan fingerprint density at radius 2 is 1.42 bits per heavy atom. The molecule has 1 aliphatic rings. The van der Waals surface area contributed by atoms with E-state index >= 15 is 0 Å². The lowest BCUT2D eigenvalue weighted by Crippen LogP contribution is -2.46. The van der Waals surface area contributed by atoms with Gasteiger partial charge in [-0.05, 0) is 67.2 Å². The van der Waals surface area contributed by atoms with Crippen molar-refractivity contribution >= 4 is 34.4 Å². The van der Waals surface area contributed by atoms with Gasteiger partial charge in [0.15, 0.2) is 11.4 Å². The zero-order valence-corrected chi connectivity index (χ0v) is 20.9. The van der Waals surface area contributed by atoms with Crippen molar-refractivity contribution in [2.24, 2.45) is 0 Å². The molecule has 33 heavy (non-hydrogen) atoms. The van der Waals surface area contributed by atoms with Crippen LogP contribution in [0.3, 0.4) is 0 Å². The monoisotopic (exact) mass is 472 g/mol. The number of thiocarbonyl (C=S) groups is 1. The first kappa shape index (κ1) is 25.1. The van der Waals surface area contributed by atoms with E-state index in [-0.39, 0.29) is 6.29 Å². The van der Waals surface area contributed by atoms with Gasteiger partial charge in [-0.1, -0.05) is 6.92 Å². The number of methoxy groups -OCH3 is 3. The van der Waals surface area contributed by atoms with Gasteiger partial charge in [0.1, 0.15) is 5.75 Å². The van der Waals surface area contributed by atoms with E-state index in [1.54, 1.807) is 21.3 Å². The Morgan fingerprint density at radius 3 is 1.88 bits per heavy atom. The maximum Gasteiger partial charge on any atom is 0.174 e. The SMILES string of the molecule is CCCN(CC(OC)OC)C(=S)Nc1ccc(N2CCN(c3ccc(OC)cc3)CC2)cc1. The van der Waals surface area contributed by atoms with Gasteiger partial charge < -0.3 is 34.2 Å². The summed E-state index contributed by atoms with van der Waals surface area (Å²) in [6.45, 7) is 7.50. The highest BCUT2D eigenvalue weighted by atomic mass is 32.1. The van der Waals surface area contributed by atoms with Gasteiger partial charge in [-0.3, -0.25) is 0 Å². The van der Waals surface area contributed by atoms with Crippen LogP contribution in [0.25, 0.3) is 0 Å². The zero-order chi connectivity index (χ0) is 23.6. The summed E-state index contributed by atoms with van der Waals surface area (Å²) in [5, 5.41) is 4.04. The third-order valence-corrected chi connectivity index (χ3v) is 6.24. The first-order valence-corrected chi connectivity index (χ1v) is 11.8. The van der Waals surface area contributed by atoms with Crippen molar-refractivity contribution in [2.45, 2.75) is 19.6 Å². The highest BCUT2D eigenvalue weighted by molar-refractivity contribution is 7.80. The molecule has 1 fully saturated rings. The Kier molecular flexibility index (Phi) is 9.60. The first-order chi connectivity index (χ1) is 16.1. The van der Waals surface area contributed by atoms with Crippen molar-refractivity contribution in [1.29, 1.82) is 0 Å². The number of anilines is 3. The van der Waals surface area contributed by atoms with Gasteiger partial charge in [-0.2, -0.15) is 0 Å². The Hall–Kier alpha value is -2.55. The maximum absolute atomic E-state index is 5.65. The van der Waals surface area contributed by atoms with Gasteiger partial charge in [-0.25, -0.2) is 0 Å². The molecule has 1 heterocycles. The number of nitrogens with zero attached hydrogens (tertiary/aromatic N) is 3. The summed E-state index contributed by atoms with van der Waals surface area (Å²) in [5.41, 5.74) is 3.45. The van der Waals surface area contributed by atoms with Crippen LogP contribution in [0.5, 0.6) is 5.75 Å². The predicted octanol–water partition coefficient (Wildman–Crippen LogP) is 4.05. The van der Waals surface area contributed by atoms with Crippen molar-refractivity contribution in [3.8, 4) is 5.75 Å². The molecule has 1 saturated heterocycles. The fourth-order valence-corrected chi connectivity index (χ4v) is 4.23. The van der Waals surface area contributed by atoms with Crippen LogP contribution >= 0.6 is 12.2 Å². The Morgan fingerprint density at radius 1 is 0.909 bits per heavy atom. The van der Waals surface area contributed by atoms with Gasteiger partial charge in [-0.15, -0.1) is 0 Å². The van der Waals surface area contributed by atoms with Crippen molar-refractivity contribution in [1.82, 2.24) is 4.90 Å². The number of ether oxygens (including phenoxy) is 3. The van der Waals surface area contributed by atoms with Crippen molar-refractivity contribution in [3.63, 3.8) is 0 Å². The predicted molar refractivity (Wildman–Crippen MR) is 140 cm³/mol. The van der Waals surface area contributed by atoms with Crippen LogP contribution in [0.15, 0.2) is 48.5 Å². The van der Waals surface area contributed by atoms with Crippen LogP contribution in [0.2, 0.25) is 0 Å². The van der Waals surface area contributed by atoms with Crippen LogP contribution in [-0.4, -0.2) is 76.9 Å². The van der Waals surface area contributed by atoms with Gasteiger partial charge in [0.25, 0.3) is 0 Å². The van der Waals surface area contributed by atoms with Crippen LogP contribution in [0.4, 0.5) is 17.1 Å². The number of nitrogens with one attached hydrogen (secondary N) is 1. The van der Waals surface area contributed by atoms with E-state index in [2.05, 4.69) is 63.3 Å². The summed E-state index contributed by atoms with van der Waals surface area (Å²) in [4.78, 5) is 6.92. The minimum atomic E-state index is -0.310.